The highest BCUT2D eigenvalue weighted by atomic mass is 32.1. The monoisotopic (exact) mass is 205 g/mol. The Kier molecular flexibility index (Phi) is 3.96. The lowest BCUT2D eigenvalue weighted by atomic mass is 10.0. The molecule has 0 aliphatic rings. The zero-order valence-electron chi connectivity index (χ0n) is 8.62. The fourth-order valence-corrected chi connectivity index (χ4v) is 1.53. The number of hydrogen-bond acceptors (Lipinski definition) is 2. The molecule has 0 aromatic carbocycles. The number of thiol groups is 1. The summed E-state index contributed by atoms with van der Waals surface area (Å²) in [5, 5.41) is 0. The van der Waals surface area contributed by atoms with Crippen molar-refractivity contribution in [2.75, 3.05) is 0 Å². The van der Waals surface area contributed by atoms with E-state index >= 15 is 0 Å². The van der Waals surface area contributed by atoms with Gasteiger partial charge < -0.3 is 0 Å². The standard InChI is InChI=1S/C12H15NS/c1-4-9(3)10(5-2)12-11(14)7-6-8-13-12/h5-8,14H,2,4H2,1,3H3/b10-9-. The van der Waals surface area contributed by atoms with Crippen LogP contribution in [0.25, 0.3) is 5.57 Å². The molecular formula is C12H15NS. The van der Waals surface area contributed by atoms with Crippen LogP contribution in [0, 0.1) is 0 Å². The Balaban J connectivity index is 3.27. The molecule has 0 spiro atoms. The molecule has 14 heavy (non-hydrogen) atoms. The maximum Gasteiger partial charge on any atom is 0.0834 e. The molecular weight excluding hydrogens is 190 g/mol. The molecule has 0 N–H and O–H groups in total. The van der Waals surface area contributed by atoms with Gasteiger partial charge in [-0.05, 0) is 31.1 Å². The smallest absolute Gasteiger partial charge is 0.0834 e. The van der Waals surface area contributed by atoms with Gasteiger partial charge in [-0.1, -0.05) is 25.2 Å². The normalized spacial score (nSPS) is 12.2. The van der Waals surface area contributed by atoms with Gasteiger partial charge in [-0.25, -0.2) is 0 Å². The van der Waals surface area contributed by atoms with Crippen LogP contribution in [0.3, 0.4) is 0 Å². The fraction of sp³-hybridized carbons (Fsp3) is 0.250. The van der Waals surface area contributed by atoms with Crippen LogP contribution in [0.4, 0.5) is 0 Å². The van der Waals surface area contributed by atoms with Crippen molar-refractivity contribution in [2.24, 2.45) is 0 Å². The number of rotatable bonds is 3. The van der Waals surface area contributed by atoms with Gasteiger partial charge in [0.15, 0.2) is 0 Å². The predicted molar refractivity (Wildman–Crippen MR) is 64.6 cm³/mol. The molecule has 0 atom stereocenters. The van der Waals surface area contributed by atoms with E-state index in [1.807, 2.05) is 18.2 Å². The SMILES string of the molecule is C=C/C(=C(\C)CC)c1ncccc1S. The first-order valence-corrected chi connectivity index (χ1v) is 5.12. The number of allylic oxidation sites excluding steroid dienone is 3. The number of hydrogen-bond donors (Lipinski definition) is 1. The zero-order chi connectivity index (χ0) is 10.6. The molecule has 0 saturated heterocycles. The molecule has 0 saturated carbocycles. The predicted octanol–water partition coefficient (Wildman–Crippen LogP) is 3.74. The van der Waals surface area contributed by atoms with E-state index in [9.17, 15) is 0 Å². The van der Waals surface area contributed by atoms with Crippen molar-refractivity contribution in [3.8, 4) is 0 Å². The summed E-state index contributed by atoms with van der Waals surface area (Å²) in [7, 11) is 0. The van der Waals surface area contributed by atoms with Crippen LogP contribution >= 0.6 is 12.6 Å². The van der Waals surface area contributed by atoms with Gasteiger partial charge in [0.05, 0.1) is 5.69 Å². The minimum Gasteiger partial charge on any atom is -0.255 e. The van der Waals surface area contributed by atoms with Crippen LogP contribution in [0.2, 0.25) is 0 Å². The Morgan fingerprint density at radius 3 is 2.86 bits per heavy atom. The molecule has 74 valence electrons. The highest BCUT2D eigenvalue weighted by Crippen LogP contribution is 2.24. The van der Waals surface area contributed by atoms with Crippen LogP contribution in [0.15, 0.2) is 41.5 Å². The third-order valence-electron chi connectivity index (χ3n) is 2.24. The minimum absolute atomic E-state index is 0.898. The van der Waals surface area contributed by atoms with Crippen molar-refractivity contribution in [3.05, 3.63) is 42.3 Å². The number of nitrogens with zero attached hydrogens (tertiary/aromatic N) is 1. The second kappa shape index (κ2) is 5.01. The molecule has 0 radical (unpaired) electrons. The van der Waals surface area contributed by atoms with E-state index in [1.54, 1.807) is 6.20 Å². The summed E-state index contributed by atoms with van der Waals surface area (Å²) in [6.07, 6.45) is 4.63. The maximum absolute atomic E-state index is 4.38. The Morgan fingerprint density at radius 2 is 2.36 bits per heavy atom. The number of pyridine rings is 1. The average molecular weight is 205 g/mol. The first-order chi connectivity index (χ1) is 6.70. The summed E-state index contributed by atoms with van der Waals surface area (Å²) in [6, 6.07) is 3.83. The van der Waals surface area contributed by atoms with E-state index in [4.69, 9.17) is 0 Å². The van der Waals surface area contributed by atoms with Crippen molar-refractivity contribution in [2.45, 2.75) is 25.2 Å². The van der Waals surface area contributed by atoms with Crippen LogP contribution < -0.4 is 0 Å². The van der Waals surface area contributed by atoms with Crippen LogP contribution in [0.1, 0.15) is 26.0 Å². The van der Waals surface area contributed by atoms with Crippen molar-refractivity contribution < 1.29 is 0 Å². The summed E-state index contributed by atoms with van der Waals surface area (Å²) >= 11 is 4.38. The molecule has 0 bridgehead atoms. The molecule has 1 heterocycles. The van der Waals surface area contributed by atoms with Crippen LogP contribution in [-0.2, 0) is 0 Å². The van der Waals surface area contributed by atoms with Crippen molar-refractivity contribution in [1.29, 1.82) is 0 Å². The molecule has 1 nitrogen and oxygen atoms in total. The second-order valence-corrected chi connectivity index (χ2v) is 3.60. The average Bonchev–Trinajstić information content (AvgIpc) is 2.21. The fourth-order valence-electron chi connectivity index (χ4n) is 1.27. The van der Waals surface area contributed by atoms with Gasteiger partial charge >= 0.3 is 0 Å². The summed E-state index contributed by atoms with van der Waals surface area (Å²) < 4.78 is 0. The molecule has 0 unspecified atom stereocenters. The zero-order valence-corrected chi connectivity index (χ0v) is 9.51. The molecule has 1 rings (SSSR count). The summed E-state index contributed by atoms with van der Waals surface area (Å²) in [5.74, 6) is 0. The van der Waals surface area contributed by atoms with E-state index in [0.717, 1.165) is 22.6 Å². The van der Waals surface area contributed by atoms with Crippen LogP contribution in [-0.4, -0.2) is 4.98 Å². The van der Waals surface area contributed by atoms with Crippen molar-refractivity contribution in [1.82, 2.24) is 4.98 Å². The highest BCUT2D eigenvalue weighted by molar-refractivity contribution is 7.80. The van der Waals surface area contributed by atoms with Gasteiger partial charge in [-0.15, -0.1) is 12.6 Å². The van der Waals surface area contributed by atoms with Gasteiger partial charge in [-0.2, -0.15) is 0 Å². The molecule has 2 heteroatoms. The van der Waals surface area contributed by atoms with E-state index < -0.39 is 0 Å². The van der Waals surface area contributed by atoms with E-state index in [2.05, 4.69) is 38.0 Å². The van der Waals surface area contributed by atoms with Crippen molar-refractivity contribution >= 4 is 18.2 Å². The molecule has 0 amide bonds. The quantitative estimate of drug-likeness (QED) is 0.586. The first-order valence-electron chi connectivity index (χ1n) is 4.67. The van der Waals surface area contributed by atoms with Crippen LogP contribution in [0.5, 0.6) is 0 Å². The molecule has 0 aliphatic heterocycles. The van der Waals surface area contributed by atoms with Crippen molar-refractivity contribution in [3.63, 3.8) is 0 Å². The molecule has 1 aromatic heterocycles. The lowest BCUT2D eigenvalue weighted by Crippen LogP contribution is -1.91. The third-order valence-corrected chi connectivity index (χ3v) is 2.60. The van der Waals surface area contributed by atoms with Gasteiger partial charge in [0, 0.05) is 11.1 Å². The Bertz CT molecular complexity index is 366. The molecule has 1 aromatic rings. The van der Waals surface area contributed by atoms with Gasteiger partial charge in [0.25, 0.3) is 0 Å². The Morgan fingerprint density at radius 1 is 1.64 bits per heavy atom. The largest absolute Gasteiger partial charge is 0.255 e. The minimum atomic E-state index is 0.898. The maximum atomic E-state index is 4.38. The molecule has 0 fully saturated rings. The summed E-state index contributed by atoms with van der Waals surface area (Å²) in [4.78, 5) is 5.21. The van der Waals surface area contributed by atoms with Gasteiger partial charge in [0.2, 0.25) is 0 Å². The van der Waals surface area contributed by atoms with Gasteiger partial charge in [-0.3, -0.25) is 4.98 Å². The number of aromatic nitrogens is 1. The van der Waals surface area contributed by atoms with Gasteiger partial charge in [0.1, 0.15) is 0 Å². The summed E-state index contributed by atoms with van der Waals surface area (Å²) in [6.45, 7) is 8.04. The second-order valence-electron chi connectivity index (χ2n) is 3.12. The topological polar surface area (TPSA) is 12.9 Å². The lowest BCUT2D eigenvalue weighted by Gasteiger charge is -2.07. The third kappa shape index (κ3) is 2.26. The Hall–Kier alpha value is -1.02. The highest BCUT2D eigenvalue weighted by Gasteiger charge is 2.05. The Labute approximate surface area is 91.0 Å². The summed E-state index contributed by atoms with van der Waals surface area (Å²) in [5.41, 5.74) is 3.30. The molecule has 0 aliphatic carbocycles. The van der Waals surface area contributed by atoms with E-state index in [1.165, 1.54) is 5.57 Å². The lowest BCUT2D eigenvalue weighted by molar-refractivity contribution is 1.09. The first kappa shape index (κ1) is 11.1. The van der Waals surface area contributed by atoms with E-state index in [0.29, 0.717) is 0 Å². The van der Waals surface area contributed by atoms with E-state index in [-0.39, 0.29) is 0 Å².